The maximum absolute atomic E-state index is 12.0. The Morgan fingerprint density at radius 2 is 2.08 bits per heavy atom. The van der Waals surface area contributed by atoms with Gasteiger partial charge in [0.05, 0.1) is 13.5 Å². The fourth-order valence-corrected chi connectivity index (χ4v) is 4.77. The molecule has 3 rings (SSSR count). The van der Waals surface area contributed by atoms with Crippen molar-refractivity contribution in [3.63, 3.8) is 0 Å². The summed E-state index contributed by atoms with van der Waals surface area (Å²) in [5.41, 5.74) is 3.06. The molecule has 1 atom stereocenters. The molecule has 0 aromatic heterocycles. The Labute approximate surface area is 165 Å². The predicted octanol–water partition coefficient (Wildman–Crippen LogP) is 3.69. The van der Waals surface area contributed by atoms with Gasteiger partial charge in [0.15, 0.2) is 0 Å². The number of hydrogen-bond donors (Lipinski definition) is 1. The van der Waals surface area contributed by atoms with Gasteiger partial charge in [0.1, 0.15) is 0 Å². The molecule has 2 heterocycles. The monoisotopic (exact) mass is 422 g/mol. The van der Waals surface area contributed by atoms with Crippen LogP contribution in [0.25, 0.3) is 0 Å². The van der Waals surface area contributed by atoms with Crippen LogP contribution >= 0.6 is 15.9 Å². The third-order valence-corrected chi connectivity index (χ3v) is 6.28. The molecule has 5 heteroatoms. The smallest absolute Gasteiger partial charge is 0.306 e. The van der Waals surface area contributed by atoms with Crippen LogP contribution in [0.5, 0.6) is 0 Å². The van der Waals surface area contributed by atoms with Crippen LogP contribution in [0.1, 0.15) is 50.7 Å². The van der Waals surface area contributed by atoms with Crippen LogP contribution in [0.15, 0.2) is 22.7 Å². The van der Waals surface area contributed by atoms with E-state index in [1.165, 1.54) is 24.7 Å². The number of benzene rings is 1. The highest BCUT2D eigenvalue weighted by Crippen LogP contribution is 2.38. The Bertz CT molecular complexity index is 654. The lowest BCUT2D eigenvalue weighted by atomic mass is 9.78. The molecule has 2 aliphatic rings. The van der Waals surface area contributed by atoms with E-state index in [1.807, 2.05) is 0 Å². The van der Waals surface area contributed by atoms with E-state index in [2.05, 4.69) is 65.1 Å². The molecule has 1 aromatic carbocycles. The van der Waals surface area contributed by atoms with E-state index >= 15 is 0 Å². The van der Waals surface area contributed by atoms with Gasteiger partial charge < -0.3 is 15.0 Å². The van der Waals surface area contributed by atoms with E-state index < -0.39 is 0 Å². The molecule has 2 saturated heterocycles. The third kappa shape index (κ3) is 4.49. The second-order valence-electron chi connectivity index (χ2n) is 9.10. The van der Waals surface area contributed by atoms with Gasteiger partial charge in [0, 0.05) is 42.0 Å². The fourth-order valence-electron chi connectivity index (χ4n) is 4.26. The number of esters is 1. The zero-order valence-corrected chi connectivity index (χ0v) is 18.0. The van der Waals surface area contributed by atoms with E-state index in [-0.39, 0.29) is 17.3 Å². The van der Waals surface area contributed by atoms with Crippen molar-refractivity contribution in [2.24, 2.45) is 5.41 Å². The molecule has 1 spiro atoms. The van der Waals surface area contributed by atoms with Crippen LogP contribution in [0.4, 0.5) is 0 Å². The maximum atomic E-state index is 12.0. The van der Waals surface area contributed by atoms with Crippen molar-refractivity contribution in [3.05, 3.63) is 33.8 Å². The first kappa shape index (κ1) is 19.8. The lowest BCUT2D eigenvalue weighted by Gasteiger charge is -2.49. The van der Waals surface area contributed by atoms with E-state index in [0.29, 0.717) is 11.8 Å². The molecule has 4 nitrogen and oxygen atoms in total. The number of methoxy groups -OCH3 is 1. The number of carbonyl (C=O) groups is 1. The van der Waals surface area contributed by atoms with Gasteiger partial charge in [-0.1, -0.05) is 42.8 Å². The summed E-state index contributed by atoms with van der Waals surface area (Å²) >= 11 is 3.67. The number of halogens is 1. The number of ether oxygens (including phenoxy) is 1. The van der Waals surface area contributed by atoms with Crippen LogP contribution in [0.3, 0.4) is 0 Å². The summed E-state index contributed by atoms with van der Waals surface area (Å²) in [7, 11) is 1.48. The molecule has 0 bridgehead atoms. The average Bonchev–Trinajstić information content (AvgIpc) is 3.02. The molecule has 2 fully saturated rings. The van der Waals surface area contributed by atoms with Crippen molar-refractivity contribution >= 4 is 21.9 Å². The molecule has 1 N–H and O–H groups in total. The lowest BCUT2D eigenvalue weighted by Crippen LogP contribution is -2.58. The van der Waals surface area contributed by atoms with E-state index in [9.17, 15) is 4.79 Å². The first-order chi connectivity index (χ1) is 12.2. The molecule has 0 aliphatic carbocycles. The van der Waals surface area contributed by atoms with Crippen molar-refractivity contribution in [3.8, 4) is 0 Å². The normalized spacial score (nSPS) is 20.8. The topological polar surface area (TPSA) is 41.6 Å². The molecule has 0 unspecified atom stereocenters. The van der Waals surface area contributed by atoms with Gasteiger partial charge >= 0.3 is 5.97 Å². The van der Waals surface area contributed by atoms with Gasteiger partial charge in [-0.05, 0) is 41.6 Å². The Kier molecular flexibility index (Phi) is 5.80. The first-order valence-corrected chi connectivity index (χ1v) is 10.3. The Balaban J connectivity index is 1.78. The van der Waals surface area contributed by atoms with Crippen molar-refractivity contribution in [2.45, 2.75) is 44.9 Å². The summed E-state index contributed by atoms with van der Waals surface area (Å²) < 4.78 is 6.06. The summed E-state index contributed by atoms with van der Waals surface area (Å²) in [6.45, 7) is 12.1. The van der Waals surface area contributed by atoms with Crippen molar-refractivity contribution in [1.29, 1.82) is 0 Å². The number of nitrogens with zero attached hydrogens (tertiary/aromatic N) is 1. The predicted molar refractivity (Wildman–Crippen MR) is 109 cm³/mol. The fraction of sp³-hybridized carbons (Fsp3) is 0.667. The third-order valence-electron chi connectivity index (χ3n) is 5.83. The molecular weight excluding hydrogens is 392 g/mol. The largest absolute Gasteiger partial charge is 0.469 e. The van der Waals surface area contributed by atoms with E-state index in [1.54, 1.807) is 0 Å². The minimum absolute atomic E-state index is 0.0741. The number of hydrogen-bond acceptors (Lipinski definition) is 4. The quantitative estimate of drug-likeness (QED) is 0.734. The van der Waals surface area contributed by atoms with Gasteiger partial charge in [-0.25, -0.2) is 0 Å². The second kappa shape index (κ2) is 7.61. The molecule has 2 aliphatic heterocycles. The molecule has 0 amide bonds. The van der Waals surface area contributed by atoms with Crippen molar-refractivity contribution in [2.75, 3.05) is 39.8 Å². The Morgan fingerprint density at radius 3 is 2.65 bits per heavy atom. The average molecular weight is 423 g/mol. The summed E-state index contributed by atoms with van der Waals surface area (Å²) in [4.78, 5) is 14.5. The van der Waals surface area contributed by atoms with E-state index in [4.69, 9.17) is 4.74 Å². The maximum Gasteiger partial charge on any atom is 0.306 e. The SMILES string of the molecule is COC(=O)C[C@H](CN1CC2(CCNC2)C1)c1cc(Br)cc(C(C)(C)C)c1. The summed E-state index contributed by atoms with van der Waals surface area (Å²) in [6, 6.07) is 6.61. The second-order valence-corrected chi connectivity index (χ2v) is 10.0. The number of carbonyl (C=O) groups excluding carboxylic acids is 1. The van der Waals surface area contributed by atoms with Crippen LogP contribution < -0.4 is 5.32 Å². The molecule has 0 saturated carbocycles. The lowest BCUT2D eigenvalue weighted by molar-refractivity contribution is -0.141. The van der Waals surface area contributed by atoms with Crippen molar-refractivity contribution < 1.29 is 9.53 Å². The summed E-state index contributed by atoms with van der Waals surface area (Å²) in [6.07, 6.45) is 1.70. The van der Waals surface area contributed by atoms with Crippen LogP contribution in [0.2, 0.25) is 0 Å². The summed E-state index contributed by atoms with van der Waals surface area (Å²) in [5.74, 6) is 0.0258. The van der Waals surface area contributed by atoms with Gasteiger partial charge in [0.2, 0.25) is 0 Å². The molecule has 0 radical (unpaired) electrons. The Hall–Kier alpha value is -0.910. The minimum Gasteiger partial charge on any atom is -0.469 e. The molecular formula is C21H31BrN2O2. The highest BCUT2D eigenvalue weighted by molar-refractivity contribution is 9.10. The van der Waals surface area contributed by atoms with Gasteiger partial charge in [0.25, 0.3) is 0 Å². The van der Waals surface area contributed by atoms with Gasteiger partial charge in [-0.2, -0.15) is 0 Å². The highest BCUT2D eigenvalue weighted by atomic mass is 79.9. The van der Waals surface area contributed by atoms with Crippen molar-refractivity contribution in [1.82, 2.24) is 10.2 Å². The molecule has 26 heavy (non-hydrogen) atoms. The standard InChI is InChI=1S/C21H31BrN2O2/c1-20(2,3)17-7-15(8-18(22)10-17)16(9-19(25)26-4)11-24-13-21(14-24)5-6-23-12-21/h7-8,10,16,23H,5-6,9,11-14H2,1-4H3/t16-/m1/s1. The zero-order valence-electron chi connectivity index (χ0n) is 16.4. The Morgan fingerprint density at radius 1 is 1.35 bits per heavy atom. The van der Waals surface area contributed by atoms with Gasteiger partial charge in [-0.15, -0.1) is 0 Å². The summed E-state index contributed by atoms with van der Waals surface area (Å²) in [5, 5.41) is 3.49. The van der Waals surface area contributed by atoms with Crippen LogP contribution in [-0.4, -0.2) is 50.7 Å². The van der Waals surface area contributed by atoms with E-state index in [0.717, 1.165) is 37.2 Å². The van der Waals surface area contributed by atoms with Crippen LogP contribution in [-0.2, 0) is 14.9 Å². The van der Waals surface area contributed by atoms with Gasteiger partial charge in [-0.3, -0.25) is 4.79 Å². The number of rotatable bonds is 5. The number of likely N-dealkylation sites (tertiary alicyclic amines) is 1. The minimum atomic E-state index is -0.134. The highest BCUT2D eigenvalue weighted by Gasteiger charge is 2.45. The first-order valence-electron chi connectivity index (χ1n) is 9.52. The van der Waals surface area contributed by atoms with Crippen LogP contribution in [0, 0.1) is 5.41 Å². The zero-order chi connectivity index (χ0) is 18.9. The molecule has 1 aromatic rings. The molecule has 144 valence electrons. The number of nitrogens with one attached hydrogen (secondary N) is 1.